The minimum atomic E-state index is -0.743. The molecule has 100 valence electrons. The molecule has 1 N–H and O–H groups in total. The zero-order valence-electron chi connectivity index (χ0n) is 10.7. The van der Waals surface area contributed by atoms with E-state index in [-0.39, 0.29) is 0 Å². The highest BCUT2D eigenvalue weighted by Gasteiger charge is 2.44. The summed E-state index contributed by atoms with van der Waals surface area (Å²) in [6, 6.07) is 5.84. The van der Waals surface area contributed by atoms with Crippen LogP contribution in [0.5, 0.6) is 0 Å². The van der Waals surface area contributed by atoms with Crippen LogP contribution in [-0.2, 0) is 17.3 Å². The Morgan fingerprint density at radius 3 is 2.74 bits per heavy atom. The molecule has 1 aliphatic carbocycles. The van der Waals surface area contributed by atoms with Crippen molar-refractivity contribution in [2.45, 2.75) is 31.1 Å². The summed E-state index contributed by atoms with van der Waals surface area (Å²) < 4.78 is 2.54. The third-order valence-electron chi connectivity index (χ3n) is 4.20. The third-order valence-corrected chi connectivity index (χ3v) is 4.79. The molecule has 19 heavy (non-hydrogen) atoms. The van der Waals surface area contributed by atoms with E-state index in [1.165, 1.54) is 0 Å². The second kappa shape index (κ2) is 4.34. The zero-order valence-corrected chi connectivity index (χ0v) is 12.3. The Morgan fingerprint density at radius 2 is 2.11 bits per heavy atom. The van der Waals surface area contributed by atoms with Crippen LogP contribution in [0.15, 0.2) is 22.8 Å². The van der Waals surface area contributed by atoms with E-state index < -0.39 is 11.4 Å². The van der Waals surface area contributed by atoms with Crippen LogP contribution in [0.2, 0.25) is 0 Å². The van der Waals surface area contributed by atoms with E-state index in [2.05, 4.69) is 21.0 Å². The average molecular weight is 323 g/mol. The molecule has 0 saturated heterocycles. The van der Waals surface area contributed by atoms with Crippen LogP contribution in [0.1, 0.15) is 31.2 Å². The minimum Gasteiger partial charge on any atom is -0.481 e. The van der Waals surface area contributed by atoms with Crippen molar-refractivity contribution < 1.29 is 9.90 Å². The number of halogens is 1. The molecule has 3 rings (SSSR count). The van der Waals surface area contributed by atoms with Gasteiger partial charge in [-0.15, -0.1) is 0 Å². The number of aliphatic carboxylic acids is 1. The highest BCUT2D eigenvalue weighted by Crippen LogP contribution is 2.44. The van der Waals surface area contributed by atoms with Gasteiger partial charge in [0.15, 0.2) is 0 Å². The predicted molar refractivity (Wildman–Crippen MR) is 76.2 cm³/mol. The predicted octanol–water partition coefficient (Wildman–Crippen LogP) is 3.23. The first-order chi connectivity index (χ1) is 9.06. The number of rotatable bonds is 2. The molecule has 4 nitrogen and oxygen atoms in total. The zero-order chi connectivity index (χ0) is 13.6. The second-order valence-electron chi connectivity index (χ2n) is 5.21. The Morgan fingerprint density at radius 1 is 1.42 bits per heavy atom. The van der Waals surface area contributed by atoms with Gasteiger partial charge in [-0.1, -0.05) is 31.0 Å². The maximum absolute atomic E-state index is 11.8. The molecule has 0 unspecified atom stereocenters. The number of carbonyl (C=O) groups is 1. The largest absolute Gasteiger partial charge is 0.481 e. The summed E-state index contributed by atoms with van der Waals surface area (Å²) in [7, 11) is 1.86. The number of aromatic nitrogens is 2. The molecule has 1 fully saturated rings. The first-order valence-corrected chi connectivity index (χ1v) is 7.21. The minimum absolute atomic E-state index is 0.713. The van der Waals surface area contributed by atoms with E-state index in [9.17, 15) is 9.90 Å². The van der Waals surface area contributed by atoms with Crippen molar-refractivity contribution in [1.82, 2.24) is 9.78 Å². The molecule has 0 bridgehead atoms. The summed E-state index contributed by atoms with van der Waals surface area (Å²) in [6.45, 7) is 0. The van der Waals surface area contributed by atoms with Crippen LogP contribution in [0, 0.1) is 0 Å². The first kappa shape index (κ1) is 12.7. The summed E-state index contributed by atoms with van der Waals surface area (Å²) in [4.78, 5) is 11.8. The van der Waals surface area contributed by atoms with Crippen LogP contribution in [0.3, 0.4) is 0 Å². The summed E-state index contributed by atoms with van der Waals surface area (Å²) in [5.41, 5.74) is 1.08. The lowest BCUT2D eigenvalue weighted by Gasteiger charge is -2.25. The molecule has 5 heteroatoms. The number of benzene rings is 1. The van der Waals surface area contributed by atoms with Crippen LogP contribution in [0.4, 0.5) is 0 Å². The molecule has 2 aromatic rings. The van der Waals surface area contributed by atoms with Crippen molar-refractivity contribution in [3.05, 3.63) is 28.4 Å². The van der Waals surface area contributed by atoms with Gasteiger partial charge in [0.25, 0.3) is 0 Å². The molecular formula is C14H15BrN2O2. The van der Waals surface area contributed by atoms with Gasteiger partial charge in [0.05, 0.1) is 10.9 Å². The molecule has 1 aliphatic rings. The highest BCUT2D eigenvalue weighted by atomic mass is 79.9. The summed E-state index contributed by atoms with van der Waals surface area (Å²) in [5.74, 6) is -0.713. The lowest BCUT2D eigenvalue weighted by atomic mass is 9.78. The fraction of sp³-hybridized carbons (Fsp3) is 0.429. The number of carboxylic acids is 1. The number of hydrogen-bond acceptors (Lipinski definition) is 2. The standard InChI is InChI=1S/C14H15BrN2O2/c1-17-11-9(12(15)16-17)5-4-6-10(11)14(13(18)19)7-2-3-8-14/h4-6H,2-3,7-8H2,1H3,(H,18,19). The molecule has 1 heterocycles. The Labute approximate surface area is 119 Å². The SMILES string of the molecule is Cn1nc(Br)c2cccc(C3(C(=O)O)CCCC3)c21. The topological polar surface area (TPSA) is 55.1 Å². The van der Waals surface area contributed by atoms with Gasteiger partial charge in [0.2, 0.25) is 0 Å². The van der Waals surface area contributed by atoms with Gasteiger partial charge >= 0.3 is 5.97 Å². The Bertz CT molecular complexity index is 657. The molecule has 0 aliphatic heterocycles. The van der Waals surface area contributed by atoms with Crippen molar-refractivity contribution in [2.75, 3.05) is 0 Å². The van der Waals surface area contributed by atoms with E-state index >= 15 is 0 Å². The van der Waals surface area contributed by atoms with E-state index in [1.807, 2.05) is 25.2 Å². The summed E-state index contributed by atoms with van der Waals surface area (Å²) in [6.07, 6.45) is 3.37. The van der Waals surface area contributed by atoms with Crippen LogP contribution in [-0.4, -0.2) is 20.9 Å². The summed E-state index contributed by atoms with van der Waals surface area (Å²) >= 11 is 3.44. The van der Waals surface area contributed by atoms with Crippen molar-refractivity contribution in [2.24, 2.45) is 7.05 Å². The Hall–Kier alpha value is -1.36. The lowest BCUT2D eigenvalue weighted by molar-refractivity contribution is -0.143. The van der Waals surface area contributed by atoms with Crippen LogP contribution >= 0.6 is 15.9 Å². The fourth-order valence-corrected chi connectivity index (χ4v) is 3.82. The van der Waals surface area contributed by atoms with Gasteiger partial charge in [0, 0.05) is 12.4 Å². The highest BCUT2D eigenvalue weighted by molar-refractivity contribution is 9.10. The fourth-order valence-electron chi connectivity index (χ4n) is 3.26. The van der Waals surface area contributed by atoms with Crippen molar-refractivity contribution >= 4 is 32.8 Å². The number of nitrogens with zero attached hydrogens (tertiary/aromatic N) is 2. The van der Waals surface area contributed by atoms with Crippen LogP contribution < -0.4 is 0 Å². The third kappa shape index (κ3) is 1.71. The quantitative estimate of drug-likeness (QED) is 0.923. The Kier molecular flexibility index (Phi) is 2.89. The van der Waals surface area contributed by atoms with Gasteiger partial charge in [-0.05, 0) is 34.3 Å². The second-order valence-corrected chi connectivity index (χ2v) is 5.96. The molecule has 1 aromatic carbocycles. The number of fused-ring (bicyclic) bond motifs is 1. The van der Waals surface area contributed by atoms with Gasteiger partial charge in [0.1, 0.15) is 4.60 Å². The summed E-state index contributed by atoms with van der Waals surface area (Å²) in [5, 5.41) is 15.1. The van der Waals surface area contributed by atoms with Gasteiger partial charge in [-0.25, -0.2) is 0 Å². The molecule has 1 saturated carbocycles. The lowest BCUT2D eigenvalue weighted by Crippen LogP contribution is -2.33. The number of aryl methyl sites for hydroxylation is 1. The van der Waals surface area contributed by atoms with E-state index in [4.69, 9.17) is 0 Å². The number of para-hydroxylation sites is 1. The van der Waals surface area contributed by atoms with Crippen molar-refractivity contribution in [1.29, 1.82) is 0 Å². The number of hydrogen-bond donors (Lipinski definition) is 1. The van der Waals surface area contributed by atoms with E-state index in [0.29, 0.717) is 12.8 Å². The van der Waals surface area contributed by atoms with Crippen molar-refractivity contribution in [3.8, 4) is 0 Å². The molecule has 0 amide bonds. The van der Waals surface area contributed by atoms with Gasteiger partial charge in [-0.3, -0.25) is 9.48 Å². The molecular weight excluding hydrogens is 308 g/mol. The normalized spacial score (nSPS) is 18.0. The monoisotopic (exact) mass is 322 g/mol. The van der Waals surface area contributed by atoms with Crippen molar-refractivity contribution in [3.63, 3.8) is 0 Å². The number of carboxylic acid groups (broad SMARTS) is 1. The van der Waals surface area contributed by atoms with E-state index in [1.54, 1.807) is 4.68 Å². The molecule has 0 radical (unpaired) electrons. The molecule has 0 atom stereocenters. The van der Waals surface area contributed by atoms with Gasteiger partial charge in [-0.2, -0.15) is 5.10 Å². The molecule has 1 aromatic heterocycles. The molecule has 0 spiro atoms. The maximum atomic E-state index is 11.8. The smallest absolute Gasteiger partial charge is 0.314 e. The van der Waals surface area contributed by atoms with E-state index in [0.717, 1.165) is 33.9 Å². The first-order valence-electron chi connectivity index (χ1n) is 6.41. The maximum Gasteiger partial charge on any atom is 0.314 e. The Balaban J connectivity index is 2.33. The van der Waals surface area contributed by atoms with Gasteiger partial charge < -0.3 is 5.11 Å². The average Bonchev–Trinajstić information content (AvgIpc) is 2.97. The van der Waals surface area contributed by atoms with Crippen LogP contribution in [0.25, 0.3) is 10.9 Å².